The number of nitrogens with zero attached hydrogens (tertiary/aromatic N) is 4. The molecule has 2 aliphatic rings. The van der Waals surface area contributed by atoms with Gasteiger partial charge in [-0.2, -0.15) is 0 Å². The number of rotatable bonds is 8. The first kappa shape index (κ1) is 25.1. The second-order valence-corrected chi connectivity index (χ2v) is 9.90. The fourth-order valence-corrected chi connectivity index (χ4v) is 4.90. The minimum atomic E-state index is -0.0979. The van der Waals surface area contributed by atoms with Crippen LogP contribution in [0.15, 0.2) is 48.8 Å². The number of benzene rings is 2. The molecule has 5 rings (SSSR count). The number of hydrogen-bond donors (Lipinski definition) is 2. The Balaban J connectivity index is 1.15. The third-order valence-electron chi connectivity index (χ3n) is 6.83. The lowest BCUT2D eigenvalue weighted by molar-refractivity contribution is 0.208. The van der Waals surface area contributed by atoms with Crippen molar-refractivity contribution in [2.45, 2.75) is 45.3 Å². The van der Waals surface area contributed by atoms with Crippen molar-refractivity contribution < 1.29 is 14.3 Å². The Bertz CT molecular complexity index is 1190. The Morgan fingerprint density at radius 3 is 2.59 bits per heavy atom. The smallest absolute Gasteiger partial charge is 0.321 e. The summed E-state index contributed by atoms with van der Waals surface area (Å²) in [6.45, 7) is 8.41. The molecule has 2 aromatic carbocycles. The lowest BCUT2D eigenvalue weighted by atomic mass is 10.2. The Morgan fingerprint density at radius 2 is 1.86 bits per heavy atom. The summed E-state index contributed by atoms with van der Waals surface area (Å²) in [4.78, 5) is 25.9. The zero-order chi connectivity index (χ0) is 25.6. The van der Waals surface area contributed by atoms with Gasteiger partial charge in [-0.15, -0.1) is 0 Å². The topological polar surface area (TPSA) is 91.9 Å². The third kappa shape index (κ3) is 6.40. The number of anilines is 2. The molecule has 2 amide bonds. The number of fused-ring (bicyclic) bond motifs is 1. The highest BCUT2D eigenvalue weighted by molar-refractivity contribution is 5.91. The quantitative estimate of drug-likeness (QED) is 0.473. The lowest BCUT2D eigenvalue weighted by Crippen LogP contribution is -2.50. The number of nitrogens with one attached hydrogen (secondary N) is 2. The van der Waals surface area contributed by atoms with Gasteiger partial charge < -0.3 is 29.9 Å². The SMILES string of the molecule is CC(C)Oc1ccc(NC(=O)N2CCN(c3ncnc4cc(OCCC5CCCN5)ccc34)CC2)cc1. The molecule has 3 aromatic rings. The van der Waals surface area contributed by atoms with E-state index in [0.717, 1.165) is 46.9 Å². The molecule has 0 saturated carbocycles. The second-order valence-electron chi connectivity index (χ2n) is 9.90. The van der Waals surface area contributed by atoms with Gasteiger partial charge in [0.05, 0.1) is 18.2 Å². The maximum atomic E-state index is 12.8. The minimum absolute atomic E-state index is 0.0979. The predicted octanol–water partition coefficient (Wildman–Crippen LogP) is 4.29. The van der Waals surface area contributed by atoms with Crippen LogP contribution in [0.4, 0.5) is 16.3 Å². The van der Waals surface area contributed by atoms with Gasteiger partial charge in [-0.05, 0) is 76.1 Å². The summed E-state index contributed by atoms with van der Waals surface area (Å²) >= 11 is 0. The van der Waals surface area contributed by atoms with Crippen molar-refractivity contribution in [3.63, 3.8) is 0 Å². The molecule has 37 heavy (non-hydrogen) atoms. The van der Waals surface area contributed by atoms with Crippen molar-refractivity contribution in [3.05, 3.63) is 48.8 Å². The maximum Gasteiger partial charge on any atom is 0.321 e. The van der Waals surface area contributed by atoms with Crippen molar-refractivity contribution >= 4 is 28.4 Å². The molecule has 2 N–H and O–H groups in total. The Labute approximate surface area is 218 Å². The number of amides is 2. The van der Waals surface area contributed by atoms with Crippen LogP contribution in [0, 0.1) is 0 Å². The number of ether oxygens (including phenoxy) is 2. The van der Waals surface area contributed by atoms with Crippen LogP contribution >= 0.6 is 0 Å². The first-order valence-electron chi connectivity index (χ1n) is 13.2. The highest BCUT2D eigenvalue weighted by Gasteiger charge is 2.23. The Morgan fingerprint density at radius 1 is 1.08 bits per heavy atom. The number of carbonyl (C=O) groups is 1. The van der Waals surface area contributed by atoms with E-state index in [1.807, 2.05) is 61.2 Å². The van der Waals surface area contributed by atoms with Crippen LogP contribution in [0.2, 0.25) is 0 Å². The molecule has 1 aromatic heterocycles. The molecule has 3 heterocycles. The maximum absolute atomic E-state index is 12.8. The van der Waals surface area contributed by atoms with Crippen molar-refractivity contribution in [1.82, 2.24) is 20.2 Å². The molecule has 0 bridgehead atoms. The summed E-state index contributed by atoms with van der Waals surface area (Å²) in [6, 6.07) is 14.0. The Hall–Kier alpha value is -3.59. The number of urea groups is 1. The normalized spacial score (nSPS) is 17.9. The molecular weight excluding hydrogens is 468 g/mol. The summed E-state index contributed by atoms with van der Waals surface area (Å²) in [7, 11) is 0. The van der Waals surface area contributed by atoms with Crippen LogP contribution in [-0.4, -0.2) is 72.4 Å². The van der Waals surface area contributed by atoms with Crippen LogP contribution in [0.25, 0.3) is 10.9 Å². The fraction of sp³-hybridized carbons (Fsp3) is 0.464. The van der Waals surface area contributed by atoms with E-state index in [9.17, 15) is 4.79 Å². The predicted molar refractivity (Wildman–Crippen MR) is 146 cm³/mol. The highest BCUT2D eigenvalue weighted by atomic mass is 16.5. The van der Waals surface area contributed by atoms with Crippen LogP contribution in [0.5, 0.6) is 11.5 Å². The molecule has 2 fully saturated rings. The van der Waals surface area contributed by atoms with E-state index in [0.29, 0.717) is 38.8 Å². The molecule has 2 saturated heterocycles. The zero-order valence-corrected chi connectivity index (χ0v) is 21.7. The first-order valence-corrected chi connectivity index (χ1v) is 13.2. The van der Waals surface area contributed by atoms with Gasteiger partial charge in [-0.25, -0.2) is 14.8 Å². The number of aromatic nitrogens is 2. The number of carbonyl (C=O) groups excluding carboxylic acids is 1. The third-order valence-corrected chi connectivity index (χ3v) is 6.83. The fourth-order valence-electron chi connectivity index (χ4n) is 4.90. The summed E-state index contributed by atoms with van der Waals surface area (Å²) in [5.74, 6) is 2.52. The summed E-state index contributed by atoms with van der Waals surface area (Å²) in [6.07, 6.45) is 5.22. The van der Waals surface area contributed by atoms with Crippen molar-refractivity contribution in [2.75, 3.05) is 49.5 Å². The van der Waals surface area contributed by atoms with Crippen molar-refractivity contribution in [2.24, 2.45) is 0 Å². The standard InChI is InChI=1S/C28H36N6O3/c1-20(2)37-23-7-5-22(6-8-23)32-28(35)34-15-13-33(14-16-34)27-25-10-9-24(18-26(25)30-19-31-27)36-17-11-21-4-3-12-29-21/h5-10,18-21,29H,3-4,11-17H2,1-2H3,(H,32,35). The zero-order valence-electron chi connectivity index (χ0n) is 21.7. The molecule has 2 aliphatic heterocycles. The molecule has 9 heteroatoms. The highest BCUT2D eigenvalue weighted by Crippen LogP contribution is 2.27. The van der Waals surface area contributed by atoms with Gasteiger partial charge in [0.2, 0.25) is 0 Å². The Kier molecular flexibility index (Phi) is 7.89. The van der Waals surface area contributed by atoms with Crippen molar-refractivity contribution in [3.8, 4) is 11.5 Å². The van der Waals surface area contributed by atoms with Crippen LogP contribution < -0.4 is 25.0 Å². The largest absolute Gasteiger partial charge is 0.493 e. The van der Waals surface area contributed by atoms with Gasteiger partial charge >= 0.3 is 6.03 Å². The van der Waals surface area contributed by atoms with E-state index in [2.05, 4.69) is 25.5 Å². The van der Waals surface area contributed by atoms with E-state index in [-0.39, 0.29) is 12.1 Å². The van der Waals surface area contributed by atoms with Crippen LogP contribution in [-0.2, 0) is 0 Å². The van der Waals surface area contributed by atoms with Crippen LogP contribution in [0.1, 0.15) is 33.1 Å². The van der Waals surface area contributed by atoms with Gasteiger partial charge in [0.25, 0.3) is 0 Å². The summed E-state index contributed by atoms with van der Waals surface area (Å²) in [5.41, 5.74) is 1.62. The number of piperazine rings is 1. The van der Waals surface area contributed by atoms with E-state index in [1.165, 1.54) is 12.8 Å². The second kappa shape index (κ2) is 11.6. The van der Waals surface area contributed by atoms with Gasteiger partial charge in [0, 0.05) is 49.4 Å². The first-order chi connectivity index (χ1) is 18.0. The molecule has 1 atom stereocenters. The molecule has 0 spiro atoms. The lowest BCUT2D eigenvalue weighted by Gasteiger charge is -2.35. The van der Waals surface area contributed by atoms with Gasteiger partial charge in [0.15, 0.2) is 0 Å². The van der Waals surface area contributed by atoms with E-state index >= 15 is 0 Å². The molecule has 0 radical (unpaired) electrons. The average molecular weight is 505 g/mol. The summed E-state index contributed by atoms with van der Waals surface area (Å²) in [5, 5.41) is 7.49. The minimum Gasteiger partial charge on any atom is -0.493 e. The average Bonchev–Trinajstić information content (AvgIpc) is 3.43. The van der Waals surface area contributed by atoms with Gasteiger partial charge in [-0.3, -0.25) is 0 Å². The van der Waals surface area contributed by atoms with E-state index in [4.69, 9.17) is 9.47 Å². The molecular formula is C28H36N6O3. The molecule has 196 valence electrons. The van der Waals surface area contributed by atoms with Crippen LogP contribution in [0.3, 0.4) is 0 Å². The molecule has 9 nitrogen and oxygen atoms in total. The van der Waals surface area contributed by atoms with Gasteiger partial charge in [-0.1, -0.05) is 0 Å². The van der Waals surface area contributed by atoms with Crippen molar-refractivity contribution in [1.29, 1.82) is 0 Å². The molecule has 1 unspecified atom stereocenters. The molecule has 0 aliphatic carbocycles. The monoisotopic (exact) mass is 504 g/mol. The van der Waals surface area contributed by atoms with Gasteiger partial charge in [0.1, 0.15) is 23.6 Å². The van der Waals surface area contributed by atoms with E-state index in [1.54, 1.807) is 6.33 Å². The number of hydrogen-bond acceptors (Lipinski definition) is 7. The summed E-state index contributed by atoms with van der Waals surface area (Å²) < 4.78 is 11.7. The van der Waals surface area contributed by atoms with E-state index < -0.39 is 0 Å².